The Kier molecular flexibility index (Phi) is 3.50. The largest absolute Gasteiger partial charge is 0.393 e. The molecule has 0 radical (unpaired) electrons. The fourth-order valence-corrected chi connectivity index (χ4v) is 3.55. The standard InChI is InChI=1S/C14H24O/c1-10(2)3-6-14(15)9-13-8-11-4-5-12(13)7-11/h11-15H,1,3-9H2,2H3. The van der Waals surface area contributed by atoms with E-state index in [9.17, 15) is 5.11 Å². The van der Waals surface area contributed by atoms with Crippen LogP contribution in [0.4, 0.5) is 0 Å². The lowest BCUT2D eigenvalue weighted by molar-refractivity contribution is 0.117. The van der Waals surface area contributed by atoms with E-state index in [1.807, 2.05) is 6.92 Å². The molecule has 0 amide bonds. The zero-order valence-corrected chi connectivity index (χ0v) is 9.91. The third-order valence-corrected chi connectivity index (χ3v) is 4.36. The summed E-state index contributed by atoms with van der Waals surface area (Å²) in [6, 6.07) is 0. The minimum absolute atomic E-state index is 0.0777. The Morgan fingerprint density at radius 2 is 2.20 bits per heavy atom. The topological polar surface area (TPSA) is 20.2 Å². The Balaban J connectivity index is 1.70. The first-order chi connectivity index (χ1) is 7.15. The molecule has 0 aliphatic heterocycles. The van der Waals surface area contributed by atoms with Gasteiger partial charge in [0.1, 0.15) is 0 Å². The number of rotatable bonds is 5. The van der Waals surface area contributed by atoms with Crippen LogP contribution in [0.15, 0.2) is 12.2 Å². The molecule has 15 heavy (non-hydrogen) atoms. The van der Waals surface area contributed by atoms with Gasteiger partial charge in [0.05, 0.1) is 6.10 Å². The second-order valence-corrected chi connectivity index (χ2v) is 5.82. The van der Waals surface area contributed by atoms with Crippen LogP contribution in [0.5, 0.6) is 0 Å². The van der Waals surface area contributed by atoms with Gasteiger partial charge in [-0.3, -0.25) is 0 Å². The van der Waals surface area contributed by atoms with E-state index in [1.54, 1.807) is 0 Å². The molecule has 0 heterocycles. The first-order valence-corrected chi connectivity index (χ1v) is 6.47. The summed E-state index contributed by atoms with van der Waals surface area (Å²) in [5, 5.41) is 9.95. The lowest BCUT2D eigenvalue weighted by atomic mass is 9.84. The van der Waals surface area contributed by atoms with E-state index < -0.39 is 0 Å². The summed E-state index contributed by atoms with van der Waals surface area (Å²) in [7, 11) is 0. The molecule has 86 valence electrons. The highest BCUT2D eigenvalue weighted by molar-refractivity contribution is 4.92. The van der Waals surface area contributed by atoms with Crippen molar-refractivity contribution in [3.63, 3.8) is 0 Å². The maximum absolute atomic E-state index is 9.95. The monoisotopic (exact) mass is 208 g/mol. The van der Waals surface area contributed by atoms with Crippen LogP contribution in [0.25, 0.3) is 0 Å². The molecule has 2 aliphatic carbocycles. The number of aliphatic hydroxyl groups is 1. The van der Waals surface area contributed by atoms with E-state index in [0.29, 0.717) is 0 Å². The summed E-state index contributed by atoms with van der Waals surface area (Å²) in [4.78, 5) is 0. The van der Waals surface area contributed by atoms with Gasteiger partial charge in [-0.25, -0.2) is 0 Å². The van der Waals surface area contributed by atoms with E-state index in [1.165, 1.54) is 31.3 Å². The van der Waals surface area contributed by atoms with Gasteiger partial charge in [0.2, 0.25) is 0 Å². The molecule has 0 aromatic heterocycles. The van der Waals surface area contributed by atoms with Crippen molar-refractivity contribution < 1.29 is 5.11 Å². The van der Waals surface area contributed by atoms with Gasteiger partial charge in [0.15, 0.2) is 0 Å². The van der Waals surface area contributed by atoms with Crippen molar-refractivity contribution in [2.24, 2.45) is 17.8 Å². The highest BCUT2D eigenvalue weighted by Crippen LogP contribution is 2.50. The summed E-state index contributed by atoms with van der Waals surface area (Å²) >= 11 is 0. The number of fused-ring (bicyclic) bond motifs is 2. The van der Waals surface area contributed by atoms with Gasteiger partial charge >= 0.3 is 0 Å². The van der Waals surface area contributed by atoms with Gasteiger partial charge in [0, 0.05) is 0 Å². The Labute approximate surface area is 93.6 Å². The van der Waals surface area contributed by atoms with Crippen LogP contribution in [0, 0.1) is 17.8 Å². The highest BCUT2D eigenvalue weighted by atomic mass is 16.3. The molecule has 2 bridgehead atoms. The molecule has 0 aromatic rings. The first-order valence-electron chi connectivity index (χ1n) is 6.47. The second kappa shape index (κ2) is 4.69. The quantitative estimate of drug-likeness (QED) is 0.685. The molecular formula is C14H24O. The van der Waals surface area contributed by atoms with Crippen molar-refractivity contribution in [1.82, 2.24) is 0 Å². The lowest BCUT2D eigenvalue weighted by Gasteiger charge is -2.24. The van der Waals surface area contributed by atoms with E-state index >= 15 is 0 Å². The minimum atomic E-state index is -0.0777. The molecular weight excluding hydrogens is 184 g/mol. The van der Waals surface area contributed by atoms with E-state index in [0.717, 1.165) is 37.0 Å². The molecule has 0 aromatic carbocycles. The van der Waals surface area contributed by atoms with Crippen molar-refractivity contribution >= 4 is 0 Å². The zero-order valence-electron chi connectivity index (χ0n) is 9.91. The predicted octanol–water partition coefficient (Wildman–Crippen LogP) is 3.53. The van der Waals surface area contributed by atoms with Crippen LogP contribution in [0.1, 0.15) is 51.9 Å². The normalized spacial score (nSPS) is 35.7. The maximum atomic E-state index is 9.95. The van der Waals surface area contributed by atoms with Crippen molar-refractivity contribution in [2.45, 2.75) is 58.0 Å². The number of hydrogen-bond donors (Lipinski definition) is 1. The van der Waals surface area contributed by atoms with E-state index in [4.69, 9.17) is 0 Å². The van der Waals surface area contributed by atoms with Crippen LogP contribution in [-0.4, -0.2) is 11.2 Å². The molecule has 1 nitrogen and oxygen atoms in total. The maximum Gasteiger partial charge on any atom is 0.0546 e. The summed E-state index contributed by atoms with van der Waals surface area (Å²) in [6.07, 6.45) is 8.63. The Bertz CT molecular complexity index is 233. The average molecular weight is 208 g/mol. The average Bonchev–Trinajstić information content (AvgIpc) is 2.76. The van der Waals surface area contributed by atoms with Crippen molar-refractivity contribution in [2.75, 3.05) is 0 Å². The summed E-state index contributed by atoms with van der Waals surface area (Å²) < 4.78 is 0. The Hall–Kier alpha value is -0.300. The Morgan fingerprint density at radius 3 is 2.73 bits per heavy atom. The molecule has 1 heteroatoms. The predicted molar refractivity (Wildman–Crippen MR) is 63.6 cm³/mol. The first kappa shape index (κ1) is 11.2. The molecule has 2 aliphatic rings. The molecule has 4 atom stereocenters. The van der Waals surface area contributed by atoms with Gasteiger partial charge in [-0.2, -0.15) is 0 Å². The molecule has 1 N–H and O–H groups in total. The van der Waals surface area contributed by atoms with Gasteiger partial charge in [0.25, 0.3) is 0 Å². The number of hydrogen-bond acceptors (Lipinski definition) is 1. The van der Waals surface area contributed by atoms with E-state index in [-0.39, 0.29) is 6.10 Å². The number of allylic oxidation sites excluding steroid dienone is 1. The van der Waals surface area contributed by atoms with Crippen molar-refractivity contribution in [1.29, 1.82) is 0 Å². The van der Waals surface area contributed by atoms with Gasteiger partial charge in [-0.15, -0.1) is 6.58 Å². The number of aliphatic hydroxyl groups excluding tert-OH is 1. The van der Waals surface area contributed by atoms with Crippen molar-refractivity contribution in [3.05, 3.63) is 12.2 Å². The summed E-state index contributed by atoms with van der Waals surface area (Å²) in [6.45, 7) is 5.93. The summed E-state index contributed by atoms with van der Waals surface area (Å²) in [5.41, 5.74) is 1.20. The van der Waals surface area contributed by atoms with Crippen LogP contribution in [-0.2, 0) is 0 Å². The second-order valence-electron chi connectivity index (χ2n) is 5.82. The van der Waals surface area contributed by atoms with Gasteiger partial charge < -0.3 is 5.11 Å². The highest BCUT2D eigenvalue weighted by Gasteiger charge is 2.39. The Morgan fingerprint density at radius 1 is 1.40 bits per heavy atom. The van der Waals surface area contributed by atoms with Crippen LogP contribution in [0.2, 0.25) is 0 Å². The molecule has 2 rings (SSSR count). The van der Waals surface area contributed by atoms with E-state index in [2.05, 4.69) is 6.58 Å². The van der Waals surface area contributed by atoms with Gasteiger partial charge in [-0.1, -0.05) is 12.0 Å². The molecule has 0 saturated heterocycles. The third kappa shape index (κ3) is 2.84. The molecule has 4 unspecified atom stereocenters. The van der Waals surface area contributed by atoms with Crippen LogP contribution >= 0.6 is 0 Å². The molecule has 2 saturated carbocycles. The SMILES string of the molecule is C=C(C)CCC(O)CC1CC2CCC1C2. The smallest absolute Gasteiger partial charge is 0.0546 e. The van der Waals surface area contributed by atoms with Crippen LogP contribution in [0.3, 0.4) is 0 Å². The van der Waals surface area contributed by atoms with Crippen LogP contribution < -0.4 is 0 Å². The fraction of sp³-hybridized carbons (Fsp3) is 0.857. The van der Waals surface area contributed by atoms with Gasteiger partial charge in [-0.05, 0) is 63.2 Å². The fourth-order valence-electron chi connectivity index (χ4n) is 3.55. The summed E-state index contributed by atoms with van der Waals surface area (Å²) in [5.74, 6) is 2.80. The molecule has 2 fully saturated rings. The zero-order chi connectivity index (χ0) is 10.8. The van der Waals surface area contributed by atoms with Crippen molar-refractivity contribution in [3.8, 4) is 0 Å². The minimum Gasteiger partial charge on any atom is -0.393 e. The lowest BCUT2D eigenvalue weighted by Crippen LogP contribution is -2.18. The third-order valence-electron chi connectivity index (χ3n) is 4.36. The molecule has 0 spiro atoms.